The number of carbonyl (C=O) groups excluding carboxylic acids is 1. The van der Waals surface area contributed by atoms with E-state index in [0.29, 0.717) is 11.3 Å². The van der Waals surface area contributed by atoms with Crippen LogP contribution >= 0.6 is 43.2 Å². The highest BCUT2D eigenvalue weighted by atomic mass is 79.9. The number of carbonyl (C=O) groups is 1. The fourth-order valence-electron chi connectivity index (χ4n) is 2.97. The lowest BCUT2D eigenvalue weighted by atomic mass is 9.98. The van der Waals surface area contributed by atoms with Gasteiger partial charge in [-0.3, -0.25) is 4.79 Å². The number of benzene rings is 2. The van der Waals surface area contributed by atoms with Crippen LogP contribution in [0, 0.1) is 0 Å². The highest BCUT2D eigenvalue weighted by molar-refractivity contribution is 9.10. The van der Waals surface area contributed by atoms with Gasteiger partial charge >= 0.3 is 0 Å². The van der Waals surface area contributed by atoms with Crippen molar-refractivity contribution in [2.75, 3.05) is 0 Å². The zero-order valence-electron chi connectivity index (χ0n) is 13.6. The second-order valence-electron chi connectivity index (χ2n) is 5.95. The van der Waals surface area contributed by atoms with Gasteiger partial charge in [0.25, 0.3) is 5.91 Å². The number of halogens is 2. The molecular weight excluding hydrogens is 476 g/mol. The van der Waals surface area contributed by atoms with Gasteiger partial charge in [0.05, 0.1) is 16.6 Å². The van der Waals surface area contributed by atoms with Gasteiger partial charge < -0.3 is 0 Å². The van der Waals surface area contributed by atoms with Crippen molar-refractivity contribution in [3.63, 3.8) is 0 Å². The smallest absolute Gasteiger partial charge is 0.266 e. The summed E-state index contributed by atoms with van der Waals surface area (Å²) in [6, 6.07) is 19.8. The van der Waals surface area contributed by atoms with E-state index in [1.807, 2.05) is 66.0 Å². The minimum absolute atomic E-state index is 0.0555. The van der Waals surface area contributed by atoms with E-state index in [1.54, 1.807) is 5.01 Å². The molecule has 0 aliphatic carbocycles. The second-order valence-corrected chi connectivity index (χ2v) is 8.73. The molecule has 0 fully saturated rings. The van der Waals surface area contributed by atoms with Crippen molar-refractivity contribution in [3.8, 4) is 0 Å². The molecule has 1 aromatic heterocycles. The van der Waals surface area contributed by atoms with Crippen molar-refractivity contribution in [2.24, 2.45) is 5.10 Å². The van der Waals surface area contributed by atoms with Crippen LogP contribution < -0.4 is 0 Å². The molecule has 0 N–H and O–H groups in total. The molecule has 0 saturated carbocycles. The monoisotopic (exact) mass is 488 g/mol. The normalized spacial score (nSPS) is 16.6. The zero-order chi connectivity index (χ0) is 18.1. The maximum atomic E-state index is 13.0. The SMILES string of the molecule is O=C(c1cccs1)N1N=C(c2ccc(Br)cc2)CC1c1ccc(Br)cc1. The predicted octanol–water partition coefficient (Wildman–Crippen LogP) is 6.26. The number of hydrazone groups is 1. The Balaban J connectivity index is 1.72. The fraction of sp³-hybridized carbons (Fsp3) is 0.100. The summed E-state index contributed by atoms with van der Waals surface area (Å²) in [5.74, 6) is -0.0555. The molecular formula is C20H14Br2N2OS. The number of amides is 1. The van der Waals surface area contributed by atoms with Crippen LogP contribution in [0.5, 0.6) is 0 Å². The Morgan fingerprint density at radius 1 is 1.00 bits per heavy atom. The Labute approximate surface area is 172 Å². The Morgan fingerprint density at radius 2 is 1.65 bits per heavy atom. The van der Waals surface area contributed by atoms with E-state index < -0.39 is 0 Å². The molecule has 3 aromatic rings. The third-order valence-corrected chi connectivity index (χ3v) is 6.20. The first-order chi connectivity index (χ1) is 12.6. The van der Waals surface area contributed by atoms with Crippen molar-refractivity contribution in [2.45, 2.75) is 12.5 Å². The third-order valence-electron chi connectivity index (χ3n) is 4.28. The molecule has 1 unspecified atom stereocenters. The van der Waals surface area contributed by atoms with Gasteiger partial charge in [-0.05, 0) is 46.8 Å². The number of nitrogens with zero attached hydrogens (tertiary/aromatic N) is 2. The molecule has 4 rings (SSSR count). The maximum absolute atomic E-state index is 13.0. The van der Waals surface area contributed by atoms with Crippen LogP contribution in [0.2, 0.25) is 0 Å². The lowest BCUT2D eigenvalue weighted by molar-refractivity contribution is 0.0716. The van der Waals surface area contributed by atoms with E-state index in [2.05, 4.69) is 31.9 Å². The van der Waals surface area contributed by atoms with E-state index >= 15 is 0 Å². The number of thiophene rings is 1. The van der Waals surface area contributed by atoms with Crippen molar-refractivity contribution in [1.29, 1.82) is 0 Å². The largest absolute Gasteiger partial charge is 0.284 e. The molecule has 130 valence electrons. The molecule has 0 saturated heterocycles. The van der Waals surface area contributed by atoms with E-state index in [-0.39, 0.29) is 11.9 Å². The van der Waals surface area contributed by atoms with Crippen LogP contribution in [0.4, 0.5) is 0 Å². The van der Waals surface area contributed by atoms with Gasteiger partial charge in [-0.25, -0.2) is 5.01 Å². The average Bonchev–Trinajstić information content (AvgIpc) is 3.33. The predicted molar refractivity (Wildman–Crippen MR) is 113 cm³/mol. The minimum Gasteiger partial charge on any atom is -0.266 e. The molecule has 0 bridgehead atoms. The van der Waals surface area contributed by atoms with E-state index in [0.717, 1.165) is 25.8 Å². The van der Waals surface area contributed by atoms with E-state index in [9.17, 15) is 4.79 Å². The van der Waals surface area contributed by atoms with Gasteiger partial charge in [0.2, 0.25) is 0 Å². The number of hydrogen-bond donors (Lipinski definition) is 0. The average molecular weight is 490 g/mol. The van der Waals surface area contributed by atoms with Gasteiger partial charge in [0.15, 0.2) is 0 Å². The molecule has 2 heterocycles. The van der Waals surface area contributed by atoms with Gasteiger partial charge in [0.1, 0.15) is 0 Å². The Bertz CT molecular complexity index is 950. The van der Waals surface area contributed by atoms with Crippen molar-refractivity contribution < 1.29 is 4.79 Å². The van der Waals surface area contributed by atoms with Crippen LogP contribution in [0.15, 0.2) is 80.1 Å². The summed E-state index contributed by atoms with van der Waals surface area (Å²) in [7, 11) is 0. The highest BCUT2D eigenvalue weighted by Crippen LogP contribution is 2.35. The molecule has 1 amide bonds. The molecule has 0 spiro atoms. The third kappa shape index (κ3) is 3.54. The molecule has 2 aromatic carbocycles. The van der Waals surface area contributed by atoms with Crippen molar-refractivity contribution in [3.05, 3.63) is 91.0 Å². The van der Waals surface area contributed by atoms with Gasteiger partial charge in [0, 0.05) is 15.4 Å². The molecule has 0 radical (unpaired) electrons. The van der Waals surface area contributed by atoms with Crippen LogP contribution in [0.25, 0.3) is 0 Å². The Kier molecular flexibility index (Phi) is 5.07. The summed E-state index contributed by atoms with van der Waals surface area (Å²) in [5.41, 5.74) is 3.04. The van der Waals surface area contributed by atoms with Crippen LogP contribution in [0.1, 0.15) is 33.3 Å². The van der Waals surface area contributed by atoms with Crippen molar-refractivity contribution >= 4 is 54.8 Å². The number of hydrogen-bond acceptors (Lipinski definition) is 3. The van der Waals surface area contributed by atoms with E-state index in [4.69, 9.17) is 5.10 Å². The van der Waals surface area contributed by atoms with E-state index in [1.165, 1.54) is 11.3 Å². The van der Waals surface area contributed by atoms with Crippen molar-refractivity contribution in [1.82, 2.24) is 5.01 Å². The van der Waals surface area contributed by atoms with Gasteiger partial charge in [-0.1, -0.05) is 62.2 Å². The molecule has 6 heteroatoms. The lowest BCUT2D eigenvalue weighted by Gasteiger charge is -2.21. The summed E-state index contributed by atoms with van der Waals surface area (Å²) in [6.07, 6.45) is 0.695. The molecule has 3 nitrogen and oxygen atoms in total. The van der Waals surface area contributed by atoms with Crippen LogP contribution in [0.3, 0.4) is 0 Å². The Morgan fingerprint density at radius 3 is 2.27 bits per heavy atom. The maximum Gasteiger partial charge on any atom is 0.284 e. The molecule has 1 aliphatic rings. The first kappa shape index (κ1) is 17.6. The zero-order valence-corrected chi connectivity index (χ0v) is 17.6. The minimum atomic E-state index is -0.101. The van der Waals surface area contributed by atoms with Crippen LogP contribution in [-0.4, -0.2) is 16.6 Å². The Hall–Kier alpha value is -1.76. The summed E-state index contributed by atoms with van der Waals surface area (Å²) in [4.78, 5) is 13.7. The standard InChI is InChI=1S/C20H14Br2N2OS/c21-15-7-3-13(4-8-15)17-12-18(14-5-9-16(22)10-6-14)24(23-17)20(25)19-2-1-11-26-19/h1-11,18H,12H2. The highest BCUT2D eigenvalue weighted by Gasteiger charge is 2.34. The van der Waals surface area contributed by atoms with Crippen LogP contribution in [-0.2, 0) is 0 Å². The molecule has 1 atom stereocenters. The first-order valence-electron chi connectivity index (χ1n) is 8.08. The lowest BCUT2D eigenvalue weighted by Crippen LogP contribution is -2.26. The summed E-state index contributed by atoms with van der Waals surface area (Å²) in [5, 5.41) is 8.25. The van der Waals surface area contributed by atoms with Gasteiger partial charge in [-0.2, -0.15) is 5.10 Å². The fourth-order valence-corrected chi connectivity index (χ4v) is 4.16. The molecule has 26 heavy (non-hydrogen) atoms. The summed E-state index contributed by atoms with van der Waals surface area (Å²) < 4.78 is 2.04. The van der Waals surface area contributed by atoms with Gasteiger partial charge in [-0.15, -0.1) is 11.3 Å². The topological polar surface area (TPSA) is 32.7 Å². The number of rotatable bonds is 3. The second kappa shape index (κ2) is 7.47. The summed E-state index contributed by atoms with van der Waals surface area (Å²) in [6.45, 7) is 0. The molecule has 1 aliphatic heterocycles. The summed E-state index contributed by atoms with van der Waals surface area (Å²) >= 11 is 8.38. The first-order valence-corrected chi connectivity index (χ1v) is 10.5. The quantitative estimate of drug-likeness (QED) is 0.427.